The van der Waals surface area contributed by atoms with E-state index in [1.165, 1.54) is 0 Å². The predicted octanol–water partition coefficient (Wildman–Crippen LogP) is -0.290. The Morgan fingerprint density at radius 1 is 1.26 bits per heavy atom. The number of piperazine rings is 1. The predicted molar refractivity (Wildman–Crippen MR) is 73.5 cm³/mol. The largest absolute Gasteiger partial charge is 0.314 e. The zero-order chi connectivity index (χ0) is 13.2. The number of nitrogens with zero attached hydrogens (tertiary/aromatic N) is 4. The van der Waals surface area contributed by atoms with Crippen molar-refractivity contribution < 1.29 is 0 Å². The summed E-state index contributed by atoms with van der Waals surface area (Å²) in [5.41, 5.74) is 1.57. The molecule has 0 aromatic carbocycles. The molecule has 3 heterocycles. The molecule has 19 heavy (non-hydrogen) atoms. The molecule has 1 aliphatic heterocycles. The molecular formula is C13H19N5O. The molecule has 0 spiro atoms. The van der Waals surface area contributed by atoms with Crippen LogP contribution in [0.4, 0.5) is 0 Å². The summed E-state index contributed by atoms with van der Waals surface area (Å²) in [6, 6.07) is 1.84. The lowest BCUT2D eigenvalue weighted by Gasteiger charge is -2.27. The number of nitrogens with one attached hydrogen (secondary N) is 1. The monoisotopic (exact) mass is 261 g/mol. The summed E-state index contributed by atoms with van der Waals surface area (Å²) in [5.74, 6) is 0. The third-order valence-corrected chi connectivity index (χ3v) is 3.59. The van der Waals surface area contributed by atoms with Crippen molar-refractivity contribution in [3.8, 4) is 0 Å². The van der Waals surface area contributed by atoms with E-state index in [1.807, 2.05) is 25.4 Å². The van der Waals surface area contributed by atoms with Crippen LogP contribution in [-0.4, -0.2) is 51.8 Å². The second kappa shape index (κ2) is 5.14. The fourth-order valence-corrected chi connectivity index (χ4v) is 2.51. The van der Waals surface area contributed by atoms with Gasteiger partial charge in [0.2, 0.25) is 0 Å². The molecule has 1 saturated heterocycles. The molecule has 0 radical (unpaired) electrons. The zero-order valence-corrected chi connectivity index (χ0v) is 11.2. The summed E-state index contributed by atoms with van der Waals surface area (Å²) in [4.78, 5) is 14.7. The van der Waals surface area contributed by atoms with Crippen molar-refractivity contribution in [3.05, 3.63) is 34.5 Å². The maximum absolute atomic E-state index is 12.3. The van der Waals surface area contributed by atoms with Crippen molar-refractivity contribution in [2.45, 2.75) is 13.5 Å². The molecular weight excluding hydrogens is 242 g/mol. The van der Waals surface area contributed by atoms with Gasteiger partial charge in [-0.05, 0) is 13.0 Å². The molecule has 1 aliphatic rings. The van der Waals surface area contributed by atoms with Crippen molar-refractivity contribution in [2.75, 3.05) is 32.7 Å². The normalized spacial score (nSPS) is 17.1. The molecule has 0 unspecified atom stereocenters. The van der Waals surface area contributed by atoms with E-state index in [-0.39, 0.29) is 5.56 Å². The van der Waals surface area contributed by atoms with Gasteiger partial charge in [-0.1, -0.05) is 0 Å². The lowest BCUT2D eigenvalue weighted by molar-refractivity contribution is 0.231. The van der Waals surface area contributed by atoms with Gasteiger partial charge in [-0.15, -0.1) is 0 Å². The maximum atomic E-state index is 12.3. The van der Waals surface area contributed by atoms with Crippen LogP contribution < -0.4 is 10.9 Å². The van der Waals surface area contributed by atoms with Gasteiger partial charge in [0.05, 0.1) is 5.69 Å². The molecule has 1 fully saturated rings. The summed E-state index contributed by atoms with van der Waals surface area (Å²) >= 11 is 0. The van der Waals surface area contributed by atoms with Gasteiger partial charge in [0.25, 0.3) is 5.56 Å². The van der Waals surface area contributed by atoms with Crippen molar-refractivity contribution in [1.82, 2.24) is 24.4 Å². The summed E-state index contributed by atoms with van der Waals surface area (Å²) in [5, 5.41) is 7.58. The summed E-state index contributed by atoms with van der Waals surface area (Å²) in [6.07, 6.45) is 3.67. The van der Waals surface area contributed by atoms with Gasteiger partial charge in [0, 0.05) is 51.7 Å². The Hall–Kier alpha value is -1.66. The lowest BCUT2D eigenvalue weighted by atomic mass is 10.3. The average Bonchev–Trinajstić information content (AvgIpc) is 2.81. The fraction of sp³-hybridized carbons (Fsp3) is 0.538. The van der Waals surface area contributed by atoms with Gasteiger partial charge < -0.3 is 9.88 Å². The van der Waals surface area contributed by atoms with Crippen molar-refractivity contribution in [3.63, 3.8) is 0 Å². The Labute approximate surface area is 111 Å². The minimum absolute atomic E-state index is 0.0400. The fourth-order valence-electron chi connectivity index (χ4n) is 2.51. The van der Waals surface area contributed by atoms with Crippen molar-refractivity contribution in [2.24, 2.45) is 0 Å². The molecule has 6 heteroatoms. The standard InChI is InChI=1S/C13H19N5O/c1-11-10-12-13(19)17(8-9-18(12)15-11)7-6-16-4-2-14-3-5-16/h8-10,14H,2-7H2,1H3. The van der Waals surface area contributed by atoms with Gasteiger partial charge in [0.15, 0.2) is 0 Å². The Morgan fingerprint density at radius 3 is 2.84 bits per heavy atom. The van der Waals surface area contributed by atoms with E-state index < -0.39 is 0 Å². The Bertz CT molecular complexity index is 623. The molecule has 0 saturated carbocycles. The smallest absolute Gasteiger partial charge is 0.276 e. The van der Waals surface area contributed by atoms with E-state index in [9.17, 15) is 4.79 Å². The molecule has 102 valence electrons. The van der Waals surface area contributed by atoms with Crippen LogP contribution >= 0.6 is 0 Å². The van der Waals surface area contributed by atoms with Gasteiger partial charge in [-0.3, -0.25) is 9.69 Å². The number of rotatable bonds is 3. The Balaban J connectivity index is 1.77. The first-order valence-electron chi connectivity index (χ1n) is 6.72. The number of aryl methyl sites for hydroxylation is 1. The highest BCUT2D eigenvalue weighted by Gasteiger charge is 2.10. The third kappa shape index (κ3) is 2.54. The number of aromatic nitrogens is 3. The van der Waals surface area contributed by atoms with Crippen LogP contribution in [0.1, 0.15) is 5.69 Å². The number of fused-ring (bicyclic) bond motifs is 1. The Morgan fingerprint density at radius 2 is 2.05 bits per heavy atom. The number of hydrogen-bond donors (Lipinski definition) is 1. The second-order valence-electron chi connectivity index (χ2n) is 5.00. The molecule has 1 N–H and O–H groups in total. The van der Waals surface area contributed by atoms with E-state index in [2.05, 4.69) is 15.3 Å². The van der Waals surface area contributed by atoms with E-state index in [0.29, 0.717) is 5.52 Å². The van der Waals surface area contributed by atoms with Crippen LogP contribution in [-0.2, 0) is 6.54 Å². The molecule has 6 nitrogen and oxygen atoms in total. The number of hydrogen-bond acceptors (Lipinski definition) is 4. The molecule has 0 atom stereocenters. The van der Waals surface area contributed by atoms with Crippen LogP contribution in [0.5, 0.6) is 0 Å². The molecule has 0 aliphatic carbocycles. The summed E-state index contributed by atoms with van der Waals surface area (Å²) in [6.45, 7) is 7.75. The highest BCUT2D eigenvalue weighted by Crippen LogP contribution is 2.00. The SMILES string of the molecule is Cc1cc2c(=O)n(CCN3CCNCC3)ccn2n1. The summed E-state index contributed by atoms with van der Waals surface area (Å²) in [7, 11) is 0. The highest BCUT2D eigenvalue weighted by atomic mass is 16.1. The van der Waals surface area contributed by atoms with Crippen LogP contribution in [0.15, 0.2) is 23.3 Å². The van der Waals surface area contributed by atoms with Gasteiger partial charge in [-0.25, -0.2) is 4.52 Å². The minimum Gasteiger partial charge on any atom is -0.314 e. The van der Waals surface area contributed by atoms with Gasteiger partial charge in [0.1, 0.15) is 5.52 Å². The third-order valence-electron chi connectivity index (χ3n) is 3.59. The van der Waals surface area contributed by atoms with E-state index in [1.54, 1.807) is 9.08 Å². The van der Waals surface area contributed by atoms with Crippen molar-refractivity contribution in [1.29, 1.82) is 0 Å². The van der Waals surface area contributed by atoms with Gasteiger partial charge in [-0.2, -0.15) is 5.10 Å². The first kappa shape index (κ1) is 12.4. The van der Waals surface area contributed by atoms with Crippen LogP contribution in [0, 0.1) is 6.92 Å². The van der Waals surface area contributed by atoms with E-state index in [0.717, 1.165) is 45.0 Å². The molecule has 2 aromatic rings. The van der Waals surface area contributed by atoms with Crippen LogP contribution in [0.25, 0.3) is 5.52 Å². The van der Waals surface area contributed by atoms with E-state index >= 15 is 0 Å². The minimum atomic E-state index is 0.0400. The highest BCUT2D eigenvalue weighted by molar-refractivity contribution is 5.44. The maximum Gasteiger partial charge on any atom is 0.276 e. The van der Waals surface area contributed by atoms with Gasteiger partial charge >= 0.3 is 0 Å². The molecule has 0 bridgehead atoms. The average molecular weight is 261 g/mol. The molecule has 3 rings (SSSR count). The first-order valence-corrected chi connectivity index (χ1v) is 6.72. The topological polar surface area (TPSA) is 54.6 Å². The first-order chi connectivity index (χ1) is 9.24. The summed E-state index contributed by atoms with van der Waals surface area (Å²) < 4.78 is 3.43. The quantitative estimate of drug-likeness (QED) is 0.825. The lowest BCUT2D eigenvalue weighted by Crippen LogP contribution is -2.45. The van der Waals surface area contributed by atoms with Crippen molar-refractivity contribution >= 4 is 5.52 Å². The van der Waals surface area contributed by atoms with Crippen LogP contribution in [0.3, 0.4) is 0 Å². The zero-order valence-electron chi connectivity index (χ0n) is 11.2. The Kier molecular flexibility index (Phi) is 3.35. The molecule has 0 amide bonds. The molecule has 2 aromatic heterocycles. The van der Waals surface area contributed by atoms with E-state index in [4.69, 9.17) is 0 Å². The second-order valence-corrected chi connectivity index (χ2v) is 5.00. The van der Waals surface area contributed by atoms with Crippen LogP contribution in [0.2, 0.25) is 0 Å².